The molecule has 1 atom stereocenters. The summed E-state index contributed by atoms with van der Waals surface area (Å²) in [5.41, 5.74) is 0. The van der Waals surface area contributed by atoms with Crippen LogP contribution in [0.2, 0.25) is 0 Å². The van der Waals surface area contributed by atoms with Gasteiger partial charge in [-0.3, -0.25) is 9.59 Å². The molecule has 0 spiro atoms. The lowest BCUT2D eigenvalue weighted by molar-refractivity contribution is -0.141. The second-order valence-corrected chi connectivity index (χ2v) is 6.73. The quantitative estimate of drug-likeness (QED) is 0.857. The topological polar surface area (TPSA) is 66.8 Å². The maximum Gasteiger partial charge on any atom is 0.305 e. The zero-order valence-electron chi connectivity index (χ0n) is 11.3. The van der Waals surface area contributed by atoms with Gasteiger partial charge in [-0.2, -0.15) is 11.8 Å². The largest absolute Gasteiger partial charge is 0.484 e. The Morgan fingerprint density at radius 3 is 3.00 bits per heavy atom. The van der Waals surface area contributed by atoms with Gasteiger partial charge in [0.05, 0.1) is 12.5 Å². The van der Waals surface area contributed by atoms with Crippen molar-refractivity contribution in [2.45, 2.75) is 12.5 Å². The number of carboxylic acid groups (broad SMARTS) is 1. The molecule has 7 heteroatoms. The summed E-state index contributed by atoms with van der Waals surface area (Å²) in [7, 11) is 0. The predicted octanol–water partition coefficient (Wildman–Crippen LogP) is 2.25. The molecule has 0 bridgehead atoms. The number of hydrogen-bond acceptors (Lipinski definition) is 4. The van der Waals surface area contributed by atoms with Crippen LogP contribution in [-0.4, -0.2) is 52.6 Å². The van der Waals surface area contributed by atoms with Crippen LogP contribution in [0.15, 0.2) is 28.7 Å². The van der Waals surface area contributed by atoms with Crippen molar-refractivity contribution in [2.24, 2.45) is 0 Å². The van der Waals surface area contributed by atoms with Gasteiger partial charge in [0.15, 0.2) is 6.61 Å². The molecule has 2 rings (SSSR count). The minimum Gasteiger partial charge on any atom is -0.484 e. The number of thioether (sulfide) groups is 1. The van der Waals surface area contributed by atoms with Crippen LogP contribution in [0, 0.1) is 0 Å². The van der Waals surface area contributed by atoms with Gasteiger partial charge in [-0.05, 0) is 18.2 Å². The van der Waals surface area contributed by atoms with E-state index in [4.69, 9.17) is 9.84 Å². The summed E-state index contributed by atoms with van der Waals surface area (Å²) in [6, 6.07) is 7.01. The molecule has 1 saturated heterocycles. The predicted molar refractivity (Wildman–Crippen MR) is 84.7 cm³/mol. The van der Waals surface area contributed by atoms with Crippen LogP contribution in [0.25, 0.3) is 0 Å². The zero-order valence-corrected chi connectivity index (χ0v) is 13.7. The number of aliphatic carboxylic acids is 1. The fourth-order valence-electron chi connectivity index (χ4n) is 2.14. The monoisotopic (exact) mass is 373 g/mol. The number of nitrogens with zero attached hydrogens (tertiary/aromatic N) is 1. The summed E-state index contributed by atoms with van der Waals surface area (Å²) >= 11 is 5.02. The van der Waals surface area contributed by atoms with Crippen LogP contribution < -0.4 is 4.74 Å². The molecule has 1 aliphatic rings. The van der Waals surface area contributed by atoms with Crippen LogP contribution in [0.1, 0.15) is 6.42 Å². The van der Waals surface area contributed by atoms with Crippen molar-refractivity contribution in [3.8, 4) is 5.75 Å². The Morgan fingerprint density at radius 2 is 2.29 bits per heavy atom. The van der Waals surface area contributed by atoms with Crippen molar-refractivity contribution in [2.75, 3.05) is 24.7 Å². The molecule has 5 nitrogen and oxygen atoms in total. The summed E-state index contributed by atoms with van der Waals surface area (Å²) < 4.78 is 6.36. The molecule has 1 N–H and O–H groups in total. The lowest BCUT2D eigenvalue weighted by Gasteiger charge is -2.34. The van der Waals surface area contributed by atoms with Gasteiger partial charge in [0.2, 0.25) is 0 Å². The summed E-state index contributed by atoms with van der Waals surface area (Å²) in [5, 5.41) is 8.92. The SMILES string of the molecule is O=C(O)CC1CSCCN1C(=O)COc1cccc(Br)c1. The van der Waals surface area contributed by atoms with E-state index in [1.807, 2.05) is 12.1 Å². The summed E-state index contributed by atoms with van der Waals surface area (Å²) in [4.78, 5) is 24.7. The van der Waals surface area contributed by atoms with Gasteiger partial charge in [0.1, 0.15) is 5.75 Å². The molecule has 0 radical (unpaired) electrons. The van der Waals surface area contributed by atoms with Crippen molar-refractivity contribution in [3.63, 3.8) is 0 Å². The maximum absolute atomic E-state index is 12.2. The molecule has 1 aromatic carbocycles. The molecule has 114 valence electrons. The van der Waals surface area contributed by atoms with Gasteiger partial charge >= 0.3 is 5.97 Å². The highest BCUT2D eigenvalue weighted by Crippen LogP contribution is 2.21. The van der Waals surface area contributed by atoms with Crippen molar-refractivity contribution in [3.05, 3.63) is 28.7 Å². The lowest BCUT2D eigenvalue weighted by atomic mass is 10.2. The Kier molecular flexibility index (Phi) is 5.93. The number of carboxylic acids is 1. The summed E-state index contributed by atoms with van der Waals surface area (Å²) in [6.07, 6.45) is -0.0182. The number of carbonyl (C=O) groups is 2. The third-order valence-electron chi connectivity index (χ3n) is 3.12. The van der Waals surface area contributed by atoms with E-state index < -0.39 is 5.97 Å². The minimum atomic E-state index is -0.881. The molecule has 0 aliphatic carbocycles. The standard InChI is InChI=1S/C14H16BrNO4S/c15-10-2-1-3-12(6-10)20-8-13(17)16-4-5-21-9-11(16)7-14(18)19/h1-3,6,11H,4-5,7-9H2,(H,18,19). The van der Waals surface area contributed by atoms with Gasteiger partial charge in [0, 0.05) is 22.5 Å². The minimum absolute atomic E-state index is 0.0182. The number of rotatable bonds is 5. The second kappa shape index (κ2) is 7.70. The Hall–Kier alpha value is -1.21. The van der Waals surface area contributed by atoms with Gasteiger partial charge in [-0.1, -0.05) is 22.0 Å². The van der Waals surface area contributed by atoms with Crippen molar-refractivity contribution < 1.29 is 19.4 Å². The molecule has 1 amide bonds. The van der Waals surface area contributed by atoms with E-state index in [2.05, 4.69) is 15.9 Å². The normalized spacial score (nSPS) is 18.3. The average molecular weight is 374 g/mol. The zero-order chi connectivity index (χ0) is 15.2. The lowest BCUT2D eigenvalue weighted by Crippen LogP contribution is -2.48. The van der Waals surface area contributed by atoms with Crippen molar-refractivity contribution in [1.82, 2.24) is 4.90 Å². The van der Waals surface area contributed by atoms with Crippen LogP contribution >= 0.6 is 27.7 Å². The number of ether oxygens (including phenoxy) is 1. The van der Waals surface area contributed by atoms with E-state index in [1.54, 1.807) is 28.8 Å². The highest BCUT2D eigenvalue weighted by molar-refractivity contribution is 9.10. The Balaban J connectivity index is 1.92. The van der Waals surface area contributed by atoms with E-state index >= 15 is 0 Å². The molecule has 1 aliphatic heterocycles. The van der Waals surface area contributed by atoms with Crippen LogP contribution in [0.5, 0.6) is 5.75 Å². The Morgan fingerprint density at radius 1 is 1.48 bits per heavy atom. The van der Waals surface area contributed by atoms with Crippen LogP contribution in [-0.2, 0) is 9.59 Å². The molecule has 1 fully saturated rings. The van der Waals surface area contributed by atoms with Gasteiger partial charge in [-0.25, -0.2) is 0 Å². The molecule has 1 unspecified atom stereocenters. The van der Waals surface area contributed by atoms with E-state index in [9.17, 15) is 9.59 Å². The first-order chi connectivity index (χ1) is 10.1. The number of halogens is 1. The third-order valence-corrected chi connectivity index (χ3v) is 4.70. The van der Waals surface area contributed by atoms with Crippen LogP contribution in [0.3, 0.4) is 0 Å². The first-order valence-electron chi connectivity index (χ1n) is 6.53. The molecule has 1 aromatic rings. The van der Waals surface area contributed by atoms with E-state index in [-0.39, 0.29) is 25.0 Å². The average Bonchev–Trinajstić information content (AvgIpc) is 2.45. The Labute approximate surface area is 135 Å². The fraction of sp³-hybridized carbons (Fsp3) is 0.429. The number of benzene rings is 1. The number of amides is 1. The first-order valence-corrected chi connectivity index (χ1v) is 8.48. The van der Waals surface area contributed by atoms with E-state index in [1.165, 1.54) is 0 Å². The van der Waals surface area contributed by atoms with E-state index in [0.29, 0.717) is 18.0 Å². The van der Waals surface area contributed by atoms with Gasteiger partial charge in [0.25, 0.3) is 5.91 Å². The van der Waals surface area contributed by atoms with E-state index in [0.717, 1.165) is 10.2 Å². The van der Waals surface area contributed by atoms with Gasteiger partial charge < -0.3 is 14.7 Å². The fourth-order valence-corrected chi connectivity index (χ4v) is 3.58. The smallest absolute Gasteiger partial charge is 0.305 e. The van der Waals surface area contributed by atoms with Crippen LogP contribution in [0.4, 0.5) is 0 Å². The second-order valence-electron chi connectivity index (χ2n) is 4.66. The molecule has 21 heavy (non-hydrogen) atoms. The first kappa shape index (κ1) is 16.2. The molecule has 0 saturated carbocycles. The molecule has 1 heterocycles. The number of hydrogen-bond donors (Lipinski definition) is 1. The van der Waals surface area contributed by atoms with Crippen molar-refractivity contribution >= 4 is 39.6 Å². The number of carbonyl (C=O) groups excluding carboxylic acids is 1. The summed E-state index contributed by atoms with van der Waals surface area (Å²) in [6.45, 7) is 0.501. The molecular formula is C14H16BrNO4S. The highest BCUT2D eigenvalue weighted by Gasteiger charge is 2.28. The van der Waals surface area contributed by atoms with Gasteiger partial charge in [-0.15, -0.1) is 0 Å². The summed E-state index contributed by atoms with van der Waals surface area (Å²) in [5.74, 6) is 1.06. The molecule has 0 aromatic heterocycles. The van der Waals surface area contributed by atoms with Crippen molar-refractivity contribution in [1.29, 1.82) is 0 Å². The molecular weight excluding hydrogens is 358 g/mol. The Bertz CT molecular complexity index is 525. The highest BCUT2D eigenvalue weighted by atomic mass is 79.9. The third kappa shape index (κ3) is 4.93. The maximum atomic E-state index is 12.2.